The molecule has 4 rings (SSSR count). The maximum Gasteiger partial charge on any atom is 0.303 e. The molecule has 0 aromatic heterocycles. The molecule has 0 spiro atoms. The van der Waals surface area contributed by atoms with Crippen molar-refractivity contribution in [2.75, 3.05) is 6.61 Å². The fraction of sp³-hybridized carbons (Fsp3) is 0.750. The predicted octanol–water partition coefficient (Wildman–Crippen LogP) is 3.93. The van der Waals surface area contributed by atoms with Crippen LogP contribution in [0.2, 0.25) is 0 Å². The molecular formula is C28H40O6. The van der Waals surface area contributed by atoms with Gasteiger partial charge < -0.3 is 14.9 Å². The first-order valence-corrected chi connectivity index (χ1v) is 13.0. The number of Topliss-reactive ketones (excluding diaryl/α,β-unsaturated/α-hetero) is 1. The highest BCUT2D eigenvalue weighted by Crippen LogP contribution is 2.68. The van der Waals surface area contributed by atoms with E-state index >= 15 is 0 Å². The number of ether oxygens (including phenoxy) is 1. The van der Waals surface area contributed by atoms with Crippen LogP contribution in [0.15, 0.2) is 23.8 Å². The SMILES string of the molecule is CCCCC[C@H]1C[C@H]2[C@@H]3CCC4=CC(=O)C=C[C@]4(C)[C@H]3[C@@H](O)C[C@]2(C)[C@@]1(O)C(=O)COC(C)=O. The van der Waals surface area contributed by atoms with Crippen LogP contribution in [0, 0.1) is 34.5 Å². The number of fused-ring (bicyclic) bond motifs is 5. The van der Waals surface area contributed by atoms with Crippen LogP contribution in [0.25, 0.3) is 0 Å². The molecule has 2 N–H and O–H groups in total. The number of unbranched alkanes of at least 4 members (excludes halogenated alkanes) is 2. The van der Waals surface area contributed by atoms with E-state index in [1.54, 1.807) is 12.2 Å². The number of hydrogen-bond donors (Lipinski definition) is 2. The molecule has 0 aromatic rings. The fourth-order valence-corrected chi connectivity index (χ4v) is 8.28. The second kappa shape index (κ2) is 9.02. The largest absolute Gasteiger partial charge is 0.458 e. The Morgan fingerprint density at radius 3 is 2.65 bits per heavy atom. The normalized spacial score (nSPS) is 42.9. The molecule has 188 valence electrons. The molecule has 4 aliphatic carbocycles. The highest BCUT2D eigenvalue weighted by Gasteiger charge is 2.71. The van der Waals surface area contributed by atoms with Crippen LogP contribution in [0.4, 0.5) is 0 Å². The maximum atomic E-state index is 13.5. The number of hydrogen-bond acceptors (Lipinski definition) is 6. The van der Waals surface area contributed by atoms with Gasteiger partial charge in [0.25, 0.3) is 0 Å². The second-order valence-electron chi connectivity index (χ2n) is 11.6. The average Bonchev–Trinajstić information content (AvgIpc) is 3.00. The minimum atomic E-state index is -1.64. The topological polar surface area (TPSA) is 101 Å². The van der Waals surface area contributed by atoms with Crippen molar-refractivity contribution in [3.05, 3.63) is 23.8 Å². The zero-order chi connectivity index (χ0) is 24.9. The van der Waals surface area contributed by atoms with Crippen molar-refractivity contribution in [3.63, 3.8) is 0 Å². The third-order valence-electron chi connectivity index (χ3n) is 9.87. The number of carbonyl (C=O) groups is 3. The monoisotopic (exact) mass is 472 g/mol. The molecule has 8 atom stereocenters. The molecule has 0 amide bonds. The van der Waals surface area contributed by atoms with Crippen molar-refractivity contribution in [1.29, 1.82) is 0 Å². The number of aliphatic hydroxyl groups excluding tert-OH is 1. The van der Waals surface area contributed by atoms with Crippen molar-refractivity contribution < 1.29 is 29.3 Å². The van der Waals surface area contributed by atoms with Gasteiger partial charge in [-0.05, 0) is 62.0 Å². The fourth-order valence-electron chi connectivity index (χ4n) is 8.28. The lowest BCUT2D eigenvalue weighted by atomic mass is 9.46. The van der Waals surface area contributed by atoms with Gasteiger partial charge in [-0.1, -0.05) is 51.7 Å². The molecular weight excluding hydrogens is 432 g/mol. The Balaban J connectivity index is 1.71. The van der Waals surface area contributed by atoms with Crippen molar-refractivity contribution in [2.45, 2.75) is 90.8 Å². The van der Waals surface area contributed by atoms with Gasteiger partial charge in [-0.15, -0.1) is 0 Å². The van der Waals surface area contributed by atoms with Crippen molar-refractivity contribution in [1.82, 2.24) is 0 Å². The van der Waals surface area contributed by atoms with Crippen LogP contribution in [0.1, 0.15) is 79.1 Å². The minimum Gasteiger partial charge on any atom is -0.458 e. The number of aliphatic hydroxyl groups is 2. The molecule has 0 radical (unpaired) electrons. The summed E-state index contributed by atoms with van der Waals surface area (Å²) in [7, 11) is 0. The summed E-state index contributed by atoms with van der Waals surface area (Å²) in [5.41, 5.74) is -1.74. The van der Waals surface area contributed by atoms with Crippen LogP contribution in [0.3, 0.4) is 0 Å². The van der Waals surface area contributed by atoms with Crippen molar-refractivity contribution in [2.24, 2.45) is 34.5 Å². The lowest BCUT2D eigenvalue weighted by Crippen LogP contribution is -2.63. The summed E-state index contributed by atoms with van der Waals surface area (Å²) in [4.78, 5) is 37.0. The zero-order valence-electron chi connectivity index (χ0n) is 21.0. The highest BCUT2D eigenvalue weighted by atomic mass is 16.5. The summed E-state index contributed by atoms with van der Waals surface area (Å²) in [6, 6.07) is 0. The molecule has 6 heteroatoms. The van der Waals surface area contributed by atoms with Gasteiger partial charge in [-0.2, -0.15) is 0 Å². The number of carbonyl (C=O) groups excluding carboxylic acids is 3. The molecule has 34 heavy (non-hydrogen) atoms. The van der Waals surface area contributed by atoms with E-state index in [1.165, 1.54) is 6.92 Å². The first-order chi connectivity index (χ1) is 16.0. The van der Waals surface area contributed by atoms with Gasteiger partial charge >= 0.3 is 5.97 Å². The van der Waals surface area contributed by atoms with E-state index in [-0.39, 0.29) is 29.5 Å². The van der Waals surface area contributed by atoms with Crippen LogP contribution in [-0.2, 0) is 19.1 Å². The minimum absolute atomic E-state index is 0.00311. The molecule has 0 bridgehead atoms. The Kier molecular flexibility index (Phi) is 6.71. The van der Waals surface area contributed by atoms with Crippen LogP contribution in [0.5, 0.6) is 0 Å². The van der Waals surface area contributed by atoms with E-state index in [4.69, 9.17) is 4.74 Å². The van der Waals surface area contributed by atoms with Gasteiger partial charge in [0.15, 0.2) is 12.4 Å². The lowest BCUT2D eigenvalue weighted by Gasteiger charge is -2.59. The van der Waals surface area contributed by atoms with Gasteiger partial charge in [0, 0.05) is 23.7 Å². The third kappa shape index (κ3) is 3.72. The molecule has 0 unspecified atom stereocenters. The molecule has 0 saturated heterocycles. The zero-order valence-corrected chi connectivity index (χ0v) is 21.0. The second-order valence-corrected chi connectivity index (χ2v) is 11.6. The van der Waals surface area contributed by atoms with Crippen LogP contribution < -0.4 is 0 Å². The van der Waals surface area contributed by atoms with E-state index in [9.17, 15) is 24.6 Å². The lowest BCUT2D eigenvalue weighted by molar-refractivity contribution is -0.187. The summed E-state index contributed by atoms with van der Waals surface area (Å²) in [5.74, 6) is -1.05. The van der Waals surface area contributed by atoms with Crippen molar-refractivity contribution >= 4 is 17.5 Å². The van der Waals surface area contributed by atoms with Crippen LogP contribution >= 0.6 is 0 Å². The average molecular weight is 473 g/mol. The number of ketones is 2. The molecule has 0 aliphatic heterocycles. The number of allylic oxidation sites excluding steroid dienone is 4. The summed E-state index contributed by atoms with van der Waals surface area (Å²) in [6.07, 6.45) is 11.0. The Labute approximate surface area is 202 Å². The summed E-state index contributed by atoms with van der Waals surface area (Å²) in [6.45, 7) is 7.05. The summed E-state index contributed by atoms with van der Waals surface area (Å²) < 4.78 is 5.05. The van der Waals surface area contributed by atoms with Crippen LogP contribution in [-0.4, -0.2) is 46.1 Å². The Bertz CT molecular complexity index is 920. The Morgan fingerprint density at radius 2 is 1.97 bits per heavy atom. The third-order valence-corrected chi connectivity index (χ3v) is 9.87. The van der Waals surface area contributed by atoms with E-state index in [1.807, 2.05) is 13.0 Å². The Morgan fingerprint density at radius 1 is 1.24 bits per heavy atom. The number of esters is 1. The van der Waals surface area contributed by atoms with E-state index < -0.39 is 40.9 Å². The summed E-state index contributed by atoms with van der Waals surface area (Å²) >= 11 is 0. The van der Waals surface area contributed by atoms with Gasteiger partial charge in [0.2, 0.25) is 5.78 Å². The van der Waals surface area contributed by atoms with E-state index in [0.29, 0.717) is 6.42 Å². The van der Waals surface area contributed by atoms with Gasteiger partial charge in [-0.3, -0.25) is 14.4 Å². The highest BCUT2D eigenvalue weighted by molar-refractivity contribution is 6.01. The molecule has 0 aromatic carbocycles. The molecule has 4 aliphatic rings. The van der Waals surface area contributed by atoms with E-state index in [0.717, 1.165) is 50.5 Å². The standard InChI is InChI=1S/C28H40O6/c1-5-6-7-8-19-14-22-21-10-9-18-13-20(30)11-12-26(18,3)25(21)23(31)15-27(22,4)28(19,33)24(32)16-34-17(2)29/h11-13,19,21-23,25,31,33H,5-10,14-16H2,1-4H3/t19-,21-,22-,23-,25+,26-,27-,28-/m0/s1. The first-order valence-electron chi connectivity index (χ1n) is 13.0. The van der Waals surface area contributed by atoms with Gasteiger partial charge in [-0.25, -0.2) is 0 Å². The smallest absolute Gasteiger partial charge is 0.303 e. The van der Waals surface area contributed by atoms with Gasteiger partial charge in [0.05, 0.1) is 6.10 Å². The molecule has 0 heterocycles. The van der Waals surface area contributed by atoms with Crippen molar-refractivity contribution in [3.8, 4) is 0 Å². The number of rotatable bonds is 7. The maximum absolute atomic E-state index is 13.5. The van der Waals surface area contributed by atoms with E-state index in [2.05, 4.69) is 13.8 Å². The molecule has 3 fully saturated rings. The first kappa shape index (κ1) is 25.3. The summed E-state index contributed by atoms with van der Waals surface area (Å²) in [5, 5.41) is 23.8. The molecule has 3 saturated carbocycles. The molecule has 6 nitrogen and oxygen atoms in total. The quantitative estimate of drug-likeness (QED) is 0.430. The Hall–Kier alpha value is -1.79. The van der Waals surface area contributed by atoms with Gasteiger partial charge in [0.1, 0.15) is 5.60 Å². The predicted molar refractivity (Wildman–Crippen MR) is 128 cm³/mol.